The van der Waals surface area contributed by atoms with Gasteiger partial charge in [-0.1, -0.05) is 60.7 Å². The van der Waals surface area contributed by atoms with Crippen molar-refractivity contribution in [1.29, 1.82) is 0 Å². The molecule has 4 aromatic carbocycles. The fraction of sp³-hybridized carbons (Fsp3) is 0.192. The second-order valence-corrected chi connectivity index (χ2v) is 15.7. The van der Waals surface area contributed by atoms with Crippen LogP contribution in [0.25, 0.3) is 11.0 Å². The van der Waals surface area contributed by atoms with Gasteiger partial charge in [-0.05, 0) is 121 Å². The normalized spacial score (nSPS) is 11.2. The van der Waals surface area contributed by atoms with Crippen LogP contribution in [0.1, 0.15) is 79.1 Å². The molecule has 0 aliphatic carbocycles. The summed E-state index contributed by atoms with van der Waals surface area (Å²) in [4.78, 5) is 47.0. The number of carbonyl (C=O) groups excluding carboxylic acids is 3. The lowest BCUT2D eigenvalue weighted by atomic mass is 10.0. The van der Waals surface area contributed by atoms with Gasteiger partial charge in [0, 0.05) is 23.8 Å². The predicted octanol–water partition coefficient (Wildman–Crippen LogP) is 10.3. The number of alkyl halides is 6. The molecule has 4 heterocycles. The minimum atomic E-state index is -4.40. The lowest BCUT2D eigenvalue weighted by Gasteiger charge is -2.10. The van der Waals surface area contributed by atoms with Crippen molar-refractivity contribution in [1.82, 2.24) is 19.2 Å². The number of carbonyl (C=O) groups is 4. The molecule has 0 saturated heterocycles. The van der Waals surface area contributed by atoms with Gasteiger partial charge in [-0.2, -0.15) is 36.5 Å². The maximum absolute atomic E-state index is 13.0. The van der Waals surface area contributed by atoms with Crippen LogP contribution in [0, 0.1) is 0 Å². The van der Waals surface area contributed by atoms with E-state index in [1.165, 1.54) is 41.2 Å². The van der Waals surface area contributed by atoms with E-state index < -0.39 is 29.4 Å². The number of nitrogen functional groups attached to an aromatic ring is 1. The van der Waals surface area contributed by atoms with E-state index in [1.54, 1.807) is 85.4 Å². The Hall–Kier alpha value is -8.48. The fourth-order valence-corrected chi connectivity index (χ4v) is 7.20. The Morgan fingerprint density at radius 1 is 0.577 bits per heavy atom. The molecule has 0 atom stereocenters. The zero-order chi connectivity index (χ0) is 51.3. The van der Waals surface area contributed by atoms with Gasteiger partial charge in [0.15, 0.2) is 0 Å². The third-order valence-electron chi connectivity index (χ3n) is 10.6. The molecule has 0 bridgehead atoms. The molecule has 4 aromatic heterocycles. The molecule has 0 fully saturated rings. The average molecular weight is 981 g/mol. The number of pyridine rings is 2. The predicted molar refractivity (Wildman–Crippen MR) is 252 cm³/mol. The number of nitrogens with two attached hydrogens (primary N) is 1. The van der Waals surface area contributed by atoms with Crippen molar-refractivity contribution >= 4 is 46.2 Å². The SMILES string of the molecule is CCOC(=O)Cc1ccc(N)cc1.CCOC(=O)Cc1ccc(NC(=O)c2cnn3cccc(Cc4ccc(C(F)(F)F)cc4)c23)cc1.O=C(O)c1cnn2cccc(Cc3ccc(C(F)(F)F)cc3)c12. The molecule has 71 heavy (non-hydrogen) atoms. The van der Waals surface area contributed by atoms with E-state index in [9.17, 15) is 50.6 Å². The minimum Gasteiger partial charge on any atom is -0.478 e. The van der Waals surface area contributed by atoms with Gasteiger partial charge in [-0.3, -0.25) is 14.4 Å². The Balaban J connectivity index is 0.000000195. The van der Waals surface area contributed by atoms with E-state index in [0.717, 1.165) is 41.0 Å². The number of rotatable bonds is 13. The molecule has 8 aromatic rings. The van der Waals surface area contributed by atoms with Gasteiger partial charge in [-0.25, -0.2) is 13.8 Å². The minimum absolute atomic E-state index is 0.0625. The van der Waals surface area contributed by atoms with Gasteiger partial charge < -0.3 is 25.6 Å². The van der Waals surface area contributed by atoms with Gasteiger partial charge in [0.05, 0.1) is 66.2 Å². The number of carboxylic acids is 1. The Labute approximate surface area is 402 Å². The molecule has 368 valence electrons. The molecule has 0 aliphatic rings. The monoisotopic (exact) mass is 980 g/mol. The highest BCUT2D eigenvalue weighted by molar-refractivity contribution is 6.09. The number of carboxylic acid groups (broad SMARTS) is 1. The first kappa shape index (κ1) is 51.9. The highest BCUT2D eigenvalue weighted by Crippen LogP contribution is 2.31. The zero-order valence-corrected chi connectivity index (χ0v) is 38.1. The van der Waals surface area contributed by atoms with Crippen molar-refractivity contribution in [2.24, 2.45) is 0 Å². The van der Waals surface area contributed by atoms with Crippen molar-refractivity contribution in [3.8, 4) is 0 Å². The second kappa shape index (κ2) is 23.2. The summed E-state index contributed by atoms with van der Waals surface area (Å²) in [7, 11) is 0. The van der Waals surface area contributed by atoms with E-state index in [-0.39, 0.29) is 29.8 Å². The molecule has 0 radical (unpaired) electrons. The van der Waals surface area contributed by atoms with Gasteiger partial charge in [-0.15, -0.1) is 0 Å². The highest BCUT2D eigenvalue weighted by atomic mass is 19.4. The standard InChI is InChI=1S/C26H22F3N3O3.C16H11F3N2O2.C10H13NO2/c1-2-35-23(33)15-18-7-11-21(12-8-18)31-25(34)22-16-30-32-13-3-4-19(24(22)32)14-17-5-9-20(10-6-17)26(27,28)29;17-16(18,19)12-5-3-10(4-6-12)8-11-2-1-7-21-14(11)13(9-20-21)15(22)23;1-2-13-10(12)7-8-3-5-9(11)6-4-8/h3-13,16H,2,14-15H2,1H3,(H,31,34);1-7,9H,8H2,(H,22,23);3-6H,2,7,11H2,1H3. The summed E-state index contributed by atoms with van der Waals surface area (Å²) in [5.74, 6) is -2.00. The number of halogens is 6. The first-order valence-corrected chi connectivity index (χ1v) is 21.8. The number of amides is 1. The fourth-order valence-electron chi connectivity index (χ4n) is 7.20. The number of esters is 2. The number of nitrogens with zero attached hydrogens (tertiary/aromatic N) is 4. The molecule has 0 unspecified atom stereocenters. The van der Waals surface area contributed by atoms with Crippen LogP contribution in [-0.4, -0.2) is 61.4 Å². The number of benzene rings is 4. The van der Waals surface area contributed by atoms with Crippen LogP contribution in [-0.2, 0) is 57.1 Å². The number of ether oxygens (including phenoxy) is 2. The Morgan fingerprint density at radius 3 is 1.38 bits per heavy atom. The number of anilines is 2. The Morgan fingerprint density at radius 2 is 0.972 bits per heavy atom. The molecule has 8 rings (SSSR count). The summed E-state index contributed by atoms with van der Waals surface area (Å²) < 4.78 is 89.1. The number of aromatic nitrogens is 4. The lowest BCUT2D eigenvalue weighted by Crippen LogP contribution is -2.12. The summed E-state index contributed by atoms with van der Waals surface area (Å²) in [6, 6.07) is 30.9. The van der Waals surface area contributed by atoms with E-state index >= 15 is 0 Å². The van der Waals surface area contributed by atoms with Crippen LogP contribution < -0.4 is 11.1 Å². The number of nitrogens with one attached hydrogen (secondary N) is 1. The smallest absolute Gasteiger partial charge is 0.416 e. The van der Waals surface area contributed by atoms with Gasteiger partial charge in [0.25, 0.3) is 5.91 Å². The third-order valence-corrected chi connectivity index (χ3v) is 10.6. The highest BCUT2D eigenvalue weighted by Gasteiger charge is 2.31. The molecule has 0 spiro atoms. The first-order valence-electron chi connectivity index (χ1n) is 21.8. The summed E-state index contributed by atoms with van der Waals surface area (Å²) in [5, 5.41) is 20.3. The van der Waals surface area contributed by atoms with Crippen LogP contribution >= 0.6 is 0 Å². The zero-order valence-electron chi connectivity index (χ0n) is 38.1. The summed E-state index contributed by atoms with van der Waals surface area (Å²) in [5.41, 5.74) is 11.2. The summed E-state index contributed by atoms with van der Waals surface area (Å²) in [6.45, 7) is 4.27. The maximum Gasteiger partial charge on any atom is 0.416 e. The molecule has 1 amide bonds. The molecular weight excluding hydrogens is 935 g/mol. The number of hydrogen-bond donors (Lipinski definition) is 3. The lowest BCUT2D eigenvalue weighted by molar-refractivity contribution is -0.143. The van der Waals surface area contributed by atoms with Crippen molar-refractivity contribution in [3.63, 3.8) is 0 Å². The Kier molecular flexibility index (Phi) is 17.0. The molecule has 0 aliphatic heterocycles. The summed E-state index contributed by atoms with van der Waals surface area (Å²) >= 11 is 0. The van der Waals surface area contributed by atoms with Crippen LogP contribution in [0.3, 0.4) is 0 Å². The number of hydrogen-bond acceptors (Lipinski definition) is 9. The van der Waals surface area contributed by atoms with Gasteiger partial charge >= 0.3 is 30.3 Å². The van der Waals surface area contributed by atoms with Crippen molar-refractivity contribution in [3.05, 3.63) is 202 Å². The Bertz CT molecular complexity index is 3100. The van der Waals surface area contributed by atoms with E-state index in [0.29, 0.717) is 77.1 Å². The molecule has 13 nitrogen and oxygen atoms in total. The van der Waals surface area contributed by atoms with Crippen LogP contribution in [0.4, 0.5) is 37.7 Å². The van der Waals surface area contributed by atoms with Crippen LogP contribution in [0.15, 0.2) is 146 Å². The summed E-state index contributed by atoms with van der Waals surface area (Å²) in [6.07, 6.45) is -1.63. The van der Waals surface area contributed by atoms with E-state index in [4.69, 9.17) is 15.2 Å². The topological polar surface area (TPSA) is 180 Å². The number of aromatic carboxylic acids is 1. The molecular formula is C52H46F6N6O7. The first-order chi connectivity index (χ1) is 33.8. The quantitative estimate of drug-likeness (QED) is 0.0572. The second-order valence-electron chi connectivity index (χ2n) is 15.7. The van der Waals surface area contributed by atoms with Gasteiger partial charge in [0.2, 0.25) is 0 Å². The van der Waals surface area contributed by atoms with Crippen molar-refractivity contribution in [2.75, 3.05) is 24.3 Å². The van der Waals surface area contributed by atoms with Crippen LogP contribution in [0.2, 0.25) is 0 Å². The van der Waals surface area contributed by atoms with Crippen molar-refractivity contribution < 1.29 is 60.1 Å². The van der Waals surface area contributed by atoms with E-state index in [2.05, 4.69) is 15.5 Å². The van der Waals surface area contributed by atoms with E-state index in [1.807, 2.05) is 18.2 Å². The average Bonchev–Trinajstić information content (AvgIpc) is 3.98. The largest absolute Gasteiger partial charge is 0.478 e. The van der Waals surface area contributed by atoms with Crippen molar-refractivity contribution in [2.45, 2.75) is 51.9 Å². The third kappa shape index (κ3) is 14.3. The molecule has 19 heteroatoms. The number of fused-ring (bicyclic) bond motifs is 2. The van der Waals surface area contributed by atoms with Gasteiger partial charge in [0.1, 0.15) is 5.56 Å². The maximum atomic E-state index is 13.0. The molecule has 0 saturated carbocycles. The van der Waals surface area contributed by atoms with Crippen LogP contribution in [0.5, 0.6) is 0 Å². The molecule has 4 N–H and O–H groups in total.